The van der Waals surface area contributed by atoms with Crippen LogP contribution < -0.4 is 10.6 Å². The second-order valence-corrected chi connectivity index (χ2v) is 7.55. The third kappa shape index (κ3) is 5.24. The summed E-state index contributed by atoms with van der Waals surface area (Å²) in [5, 5.41) is 6.89. The fraction of sp³-hybridized carbons (Fsp3) is 0.348. The molecule has 7 heteroatoms. The van der Waals surface area contributed by atoms with Crippen LogP contribution in [0.4, 0.5) is 0 Å². The summed E-state index contributed by atoms with van der Waals surface area (Å²) in [4.78, 5) is 15.5. The average Bonchev–Trinajstić information content (AvgIpc) is 3.48. The molecule has 1 fully saturated rings. The van der Waals surface area contributed by atoms with Gasteiger partial charge in [0.05, 0.1) is 0 Å². The first-order valence-corrected chi connectivity index (χ1v) is 10.5. The van der Waals surface area contributed by atoms with Gasteiger partial charge in [-0.3, -0.25) is 14.5 Å². The lowest BCUT2D eigenvalue weighted by Gasteiger charge is -2.25. The van der Waals surface area contributed by atoms with E-state index in [0.717, 1.165) is 37.0 Å². The number of rotatable bonds is 7. The van der Waals surface area contributed by atoms with Gasteiger partial charge in [-0.15, -0.1) is 0 Å². The van der Waals surface area contributed by atoms with Gasteiger partial charge in [0.15, 0.2) is 5.96 Å². The van der Waals surface area contributed by atoms with Crippen molar-refractivity contribution < 1.29 is 0 Å². The van der Waals surface area contributed by atoms with Crippen molar-refractivity contribution in [2.24, 2.45) is 4.99 Å². The molecule has 2 N–H and O–H groups in total. The van der Waals surface area contributed by atoms with Crippen molar-refractivity contribution in [1.82, 2.24) is 30.1 Å². The molecule has 4 rings (SSSR count). The number of imidazole rings is 1. The van der Waals surface area contributed by atoms with Crippen molar-refractivity contribution in [2.75, 3.05) is 20.1 Å². The third-order valence-corrected chi connectivity index (χ3v) is 5.49. The topological polar surface area (TPSA) is 70.4 Å². The molecule has 0 radical (unpaired) electrons. The summed E-state index contributed by atoms with van der Waals surface area (Å²) in [7, 11) is 1.81. The number of nitrogens with one attached hydrogen (secondary N) is 2. The Hall–Kier alpha value is -3.19. The van der Waals surface area contributed by atoms with Crippen LogP contribution in [0.25, 0.3) is 5.82 Å². The maximum atomic E-state index is 4.50. The highest BCUT2D eigenvalue weighted by molar-refractivity contribution is 5.79. The zero-order valence-electron chi connectivity index (χ0n) is 17.4. The Labute approximate surface area is 177 Å². The predicted molar refractivity (Wildman–Crippen MR) is 119 cm³/mol. The number of aliphatic imine (C=N–C) groups is 1. The quantitative estimate of drug-likeness (QED) is 0.469. The van der Waals surface area contributed by atoms with Crippen LogP contribution in [0.15, 0.2) is 72.4 Å². The molecule has 1 aliphatic heterocycles. The summed E-state index contributed by atoms with van der Waals surface area (Å²) in [6.45, 7) is 3.73. The first-order valence-electron chi connectivity index (χ1n) is 10.5. The van der Waals surface area contributed by atoms with Gasteiger partial charge < -0.3 is 10.6 Å². The van der Waals surface area contributed by atoms with Crippen molar-refractivity contribution in [2.45, 2.75) is 32.0 Å². The summed E-state index contributed by atoms with van der Waals surface area (Å²) >= 11 is 0. The molecule has 3 aromatic rings. The normalized spacial score (nSPS) is 17.2. The molecular formula is C23H29N7. The Morgan fingerprint density at radius 1 is 1.13 bits per heavy atom. The van der Waals surface area contributed by atoms with Crippen LogP contribution in [0.3, 0.4) is 0 Å². The molecule has 1 atom stereocenters. The van der Waals surface area contributed by atoms with Gasteiger partial charge in [-0.1, -0.05) is 36.4 Å². The molecule has 0 spiro atoms. The molecule has 156 valence electrons. The van der Waals surface area contributed by atoms with Crippen LogP contribution in [-0.2, 0) is 13.1 Å². The van der Waals surface area contributed by atoms with E-state index < -0.39 is 0 Å². The van der Waals surface area contributed by atoms with Crippen LogP contribution in [0, 0.1) is 0 Å². The lowest BCUT2D eigenvalue weighted by molar-refractivity contribution is 0.245. The minimum absolute atomic E-state index is 0.528. The van der Waals surface area contributed by atoms with Crippen LogP contribution in [0.5, 0.6) is 0 Å². The minimum Gasteiger partial charge on any atom is -0.355 e. The second kappa shape index (κ2) is 10.0. The van der Waals surface area contributed by atoms with E-state index in [-0.39, 0.29) is 0 Å². The van der Waals surface area contributed by atoms with E-state index in [1.165, 1.54) is 18.4 Å². The van der Waals surface area contributed by atoms with Crippen molar-refractivity contribution in [3.8, 4) is 5.82 Å². The maximum absolute atomic E-state index is 4.50. The SMILES string of the molecule is CN=C(NCc1ccc(-n2ccnc2)nc1)NCC1CCCN1Cc1ccccc1. The zero-order valence-corrected chi connectivity index (χ0v) is 17.4. The highest BCUT2D eigenvalue weighted by atomic mass is 15.2. The Bertz CT molecular complexity index is 920. The minimum atomic E-state index is 0.528. The van der Waals surface area contributed by atoms with Gasteiger partial charge in [0, 0.05) is 51.3 Å². The Morgan fingerprint density at radius 3 is 2.77 bits per heavy atom. The van der Waals surface area contributed by atoms with Gasteiger partial charge in [-0.2, -0.15) is 0 Å². The average molecular weight is 404 g/mol. The standard InChI is InChI=1S/C23H29N7/c1-24-23(27-15-20-9-10-22(26-14-20)30-13-11-25-18-30)28-16-21-8-5-12-29(21)17-19-6-3-2-4-7-19/h2-4,6-7,9-11,13-14,18,21H,5,8,12,15-17H2,1H3,(H2,24,27,28). The molecule has 0 aliphatic carbocycles. The molecule has 0 amide bonds. The molecule has 1 aromatic carbocycles. The molecule has 7 nitrogen and oxygen atoms in total. The fourth-order valence-electron chi connectivity index (χ4n) is 3.84. The molecule has 1 unspecified atom stereocenters. The maximum Gasteiger partial charge on any atom is 0.191 e. The number of hydrogen-bond acceptors (Lipinski definition) is 4. The molecule has 0 bridgehead atoms. The van der Waals surface area contributed by atoms with E-state index in [1.807, 2.05) is 30.1 Å². The molecule has 2 aromatic heterocycles. The first-order chi connectivity index (χ1) is 14.8. The molecule has 1 aliphatic rings. The molecule has 3 heterocycles. The molecule has 0 saturated carbocycles. The number of nitrogens with zero attached hydrogens (tertiary/aromatic N) is 5. The fourth-order valence-corrected chi connectivity index (χ4v) is 3.84. The van der Waals surface area contributed by atoms with E-state index in [2.05, 4.69) is 66.9 Å². The zero-order chi connectivity index (χ0) is 20.6. The lowest BCUT2D eigenvalue weighted by atomic mass is 10.2. The number of guanidine groups is 1. The third-order valence-electron chi connectivity index (χ3n) is 5.49. The van der Waals surface area contributed by atoms with Crippen molar-refractivity contribution in [3.63, 3.8) is 0 Å². The molecule has 1 saturated heterocycles. The van der Waals surface area contributed by atoms with E-state index in [0.29, 0.717) is 12.6 Å². The Kier molecular flexibility index (Phi) is 6.72. The van der Waals surface area contributed by atoms with Gasteiger partial charge >= 0.3 is 0 Å². The van der Waals surface area contributed by atoms with Crippen LogP contribution in [0.2, 0.25) is 0 Å². The number of likely N-dealkylation sites (tertiary alicyclic amines) is 1. The van der Waals surface area contributed by atoms with Crippen molar-refractivity contribution >= 4 is 5.96 Å². The molecular weight excluding hydrogens is 374 g/mol. The Balaban J connectivity index is 1.25. The van der Waals surface area contributed by atoms with Crippen LogP contribution >= 0.6 is 0 Å². The summed E-state index contributed by atoms with van der Waals surface area (Å²) in [5.74, 6) is 1.68. The predicted octanol–water partition coefficient (Wildman–Crippen LogP) is 2.60. The van der Waals surface area contributed by atoms with Crippen molar-refractivity contribution in [3.05, 3.63) is 78.5 Å². The summed E-state index contributed by atoms with van der Waals surface area (Å²) in [6.07, 6.45) is 9.73. The van der Waals surface area contributed by atoms with Crippen molar-refractivity contribution in [1.29, 1.82) is 0 Å². The smallest absolute Gasteiger partial charge is 0.191 e. The van der Waals surface area contributed by atoms with Gasteiger partial charge in [-0.05, 0) is 36.6 Å². The lowest BCUT2D eigenvalue weighted by Crippen LogP contribution is -2.44. The van der Waals surface area contributed by atoms with Gasteiger partial charge in [0.1, 0.15) is 12.1 Å². The summed E-state index contributed by atoms with van der Waals surface area (Å²) in [5.41, 5.74) is 2.48. The number of pyridine rings is 1. The van der Waals surface area contributed by atoms with Gasteiger partial charge in [-0.25, -0.2) is 9.97 Å². The highest BCUT2D eigenvalue weighted by Gasteiger charge is 2.24. The van der Waals surface area contributed by atoms with Gasteiger partial charge in [0.25, 0.3) is 0 Å². The van der Waals surface area contributed by atoms with Crippen LogP contribution in [-0.4, -0.2) is 51.6 Å². The van der Waals surface area contributed by atoms with E-state index in [4.69, 9.17) is 0 Å². The second-order valence-electron chi connectivity index (χ2n) is 7.55. The summed E-state index contributed by atoms with van der Waals surface area (Å²) in [6, 6.07) is 15.3. The number of hydrogen-bond donors (Lipinski definition) is 2. The van der Waals surface area contributed by atoms with E-state index >= 15 is 0 Å². The highest BCUT2D eigenvalue weighted by Crippen LogP contribution is 2.19. The number of aromatic nitrogens is 3. The Morgan fingerprint density at radius 2 is 2.03 bits per heavy atom. The summed E-state index contributed by atoms with van der Waals surface area (Å²) < 4.78 is 1.89. The van der Waals surface area contributed by atoms with E-state index in [9.17, 15) is 0 Å². The first kappa shape index (κ1) is 20.1. The monoisotopic (exact) mass is 403 g/mol. The van der Waals surface area contributed by atoms with E-state index in [1.54, 1.807) is 12.5 Å². The molecule has 30 heavy (non-hydrogen) atoms. The van der Waals surface area contributed by atoms with Crippen LogP contribution in [0.1, 0.15) is 24.0 Å². The number of benzene rings is 1. The largest absolute Gasteiger partial charge is 0.355 e. The van der Waals surface area contributed by atoms with Gasteiger partial charge in [0.2, 0.25) is 0 Å².